The molecule has 0 fully saturated rings. The van der Waals surface area contributed by atoms with Gasteiger partial charge in [-0.25, -0.2) is 4.79 Å². The molecule has 100 valence electrons. The Balaban J connectivity index is 2.45. The molecule has 0 aliphatic heterocycles. The zero-order chi connectivity index (χ0) is 13.4. The van der Waals surface area contributed by atoms with Gasteiger partial charge in [-0.1, -0.05) is 0 Å². The van der Waals surface area contributed by atoms with Gasteiger partial charge in [0, 0.05) is 18.9 Å². The van der Waals surface area contributed by atoms with Crippen LogP contribution in [0.4, 0.5) is 5.69 Å². The monoisotopic (exact) mass is 255 g/mol. The van der Waals surface area contributed by atoms with Crippen molar-refractivity contribution in [3.05, 3.63) is 23.8 Å². The standard InChI is InChI=1S/C12H17NO5/c1-16-4-5-17-6-7-18-11-8-9(13)2-3-10(11)12(14)15/h2-3,8H,4-7,13H2,1H3,(H,14,15). The van der Waals surface area contributed by atoms with Gasteiger partial charge in [0.15, 0.2) is 0 Å². The number of hydrogen-bond donors (Lipinski definition) is 2. The molecule has 3 N–H and O–H groups in total. The maximum atomic E-state index is 10.9. The van der Waals surface area contributed by atoms with E-state index < -0.39 is 5.97 Å². The molecule has 6 nitrogen and oxygen atoms in total. The second-order valence-corrected chi connectivity index (χ2v) is 3.51. The van der Waals surface area contributed by atoms with Gasteiger partial charge in [-0.3, -0.25) is 0 Å². The van der Waals surface area contributed by atoms with E-state index in [-0.39, 0.29) is 17.9 Å². The number of benzene rings is 1. The summed E-state index contributed by atoms with van der Waals surface area (Å²) in [7, 11) is 1.59. The zero-order valence-corrected chi connectivity index (χ0v) is 10.2. The molecule has 0 heterocycles. The molecular formula is C12H17NO5. The van der Waals surface area contributed by atoms with Crippen molar-refractivity contribution < 1.29 is 24.1 Å². The number of ether oxygens (including phenoxy) is 3. The first-order valence-corrected chi connectivity index (χ1v) is 5.47. The topological polar surface area (TPSA) is 91.0 Å². The molecule has 0 atom stereocenters. The van der Waals surface area contributed by atoms with Crippen LogP contribution in [0.15, 0.2) is 18.2 Å². The van der Waals surface area contributed by atoms with Crippen molar-refractivity contribution in [3.63, 3.8) is 0 Å². The van der Waals surface area contributed by atoms with E-state index in [4.69, 9.17) is 25.1 Å². The summed E-state index contributed by atoms with van der Waals surface area (Å²) < 4.78 is 15.3. The Morgan fingerprint density at radius 1 is 1.28 bits per heavy atom. The van der Waals surface area contributed by atoms with Crippen molar-refractivity contribution in [2.24, 2.45) is 0 Å². The van der Waals surface area contributed by atoms with Crippen LogP contribution in [0.2, 0.25) is 0 Å². The van der Waals surface area contributed by atoms with Crippen molar-refractivity contribution in [1.82, 2.24) is 0 Å². The Labute approximate surface area is 105 Å². The third-order valence-electron chi connectivity index (χ3n) is 2.15. The summed E-state index contributed by atoms with van der Waals surface area (Å²) in [6, 6.07) is 4.42. The molecular weight excluding hydrogens is 238 g/mol. The zero-order valence-electron chi connectivity index (χ0n) is 10.2. The maximum absolute atomic E-state index is 10.9. The highest BCUT2D eigenvalue weighted by atomic mass is 16.5. The Bertz CT molecular complexity index is 394. The van der Waals surface area contributed by atoms with Gasteiger partial charge in [0.05, 0.1) is 19.8 Å². The van der Waals surface area contributed by atoms with E-state index in [9.17, 15) is 4.79 Å². The Hall–Kier alpha value is -1.79. The summed E-state index contributed by atoms with van der Waals surface area (Å²) >= 11 is 0. The van der Waals surface area contributed by atoms with Gasteiger partial charge >= 0.3 is 5.97 Å². The Kier molecular flexibility index (Phi) is 5.96. The minimum Gasteiger partial charge on any atom is -0.490 e. The van der Waals surface area contributed by atoms with Gasteiger partial charge in [-0.15, -0.1) is 0 Å². The van der Waals surface area contributed by atoms with Crippen LogP contribution < -0.4 is 10.5 Å². The minimum absolute atomic E-state index is 0.0843. The number of nitrogens with two attached hydrogens (primary N) is 1. The van der Waals surface area contributed by atoms with Crippen LogP contribution >= 0.6 is 0 Å². The second kappa shape index (κ2) is 7.52. The van der Waals surface area contributed by atoms with E-state index in [0.717, 1.165) is 0 Å². The molecule has 0 aliphatic rings. The number of hydrogen-bond acceptors (Lipinski definition) is 5. The number of rotatable bonds is 8. The highest BCUT2D eigenvalue weighted by molar-refractivity contribution is 5.91. The Morgan fingerprint density at radius 3 is 2.67 bits per heavy atom. The van der Waals surface area contributed by atoms with Crippen molar-refractivity contribution in [2.75, 3.05) is 39.3 Å². The molecule has 0 bridgehead atoms. The minimum atomic E-state index is -1.05. The average molecular weight is 255 g/mol. The summed E-state index contributed by atoms with van der Waals surface area (Å²) in [5, 5.41) is 8.96. The average Bonchev–Trinajstić information content (AvgIpc) is 2.33. The molecule has 0 saturated carbocycles. The number of methoxy groups -OCH3 is 1. The molecule has 0 unspecified atom stereocenters. The van der Waals surface area contributed by atoms with Crippen LogP contribution in [0.1, 0.15) is 10.4 Å². The maximum Gasteiger partial charge on any atom is 0.339 e. The number of carboxylic acids is 1. The normalized spacial score (nSPS) is 10.3. The smallest absolute Gasteiger partial charge is 0.339 e. The highest BCUT2D eigenvalue weighted by Crippen LogP contribution is 2.21. The van der Waals surface area contributed by atoms with Crippen LogP contribution in [-0.2, 0) is 9.47 Å². The van der Waals surface area contributed by atoms with E-state index in [2.05, 4.69) is 0 Å². The van der Waals surface area contributed by atoms with E-state index in [1.165, 1.54) is 18.2 Å². The fourth-order valence-corrected chi connectivity index (χ4v) is 1.29. The van der Waals surface area contributed by atoms with Crippen molar-refractivity contribution >= 4 is 11.7 Å². The van der Waals surface area contributed by atoms with E-state index in [0.29, 0.717) is 25.5 Å². The van der Waals surface area contributed by atoms with Crippen molar-refractivity contribution in [3.8, 4) is 5.75 Å². The predicted molar refractivity (Wildman–Crippen MR) is 66.0 cm³/mol. The molecule has 0 amide bonds. The van der Waals surface area contributed by atoms with Gasteiger partial charge in [-0.2, -0.15) is 0 Å². The van der Waals surface area contributed by atoms with Crippen LogP contribution in [0.3, 0.4) is 0 Å². The summed E-state index contributed by atoms with van der Waals surface area (Å²) in [5.74, 6) is -0.803. The molecule has 0 aliphatic carbocycles. The van der Waals surface area contributed by atoms with Crippen molar-refractivity contribution in [1.29, 1.82) is 0 Å². The predicted octanol–water partition coefficient (Wildman–Crippen LogP) is 1.01. The molecule has 1 aromatic rings. The lowest BCUT2D eigenvalue weighted by Gasteiger charge is -2.10. The van der Waals surface area contributed by atoms with Gasteiger partial charge < -0.3 is 25.1 Å². The highest BCUT2D eigenvalue weighted by Gasteiger charge is 2.11. The third kappa shape index (κ3) is 4.60. The lowest BCUT2D eigenvalue weighted by Crippen LogP contribution is -2.12. The fraction of sp³-hybridized carbons (Fsp3) is 0.417. The summed E-state index contributed by atoms with van der Waals surface area (Å²) in [6.07, 6.45) is 0. The number of carboxylic acid groups (broad SMARTS) is 1. The molecule has 0 radical (unpaired) electrons. The van der Waals surface area contributed by atoms with Gasteiger partial charge in [-0.05, 0) is 12.1 Å². The van der Waals surface area contributed by atoms with E-state index >= 15 is 0 Å². The van der Waals surface area contributed by atoms with Crippen LogP contribution in [0.25, 0.3) is 0 Å². The number of aromatic carboxylic acids is 1. The molecule has 6 heteroatoms. The first-order valence-electron chi connectivity index (χ1n) is 5.47. The van der Waals surface area contributed by atoms with Crippen LogP contribution in [0.5, 0.6) is 5.75 Å². The molecule has 1 aromatic carbocycles. The van der Waals surface area contributed by atoms with Crippen molar-refractivity contribution in [2.45, 2.75) is 0 Å². The molecule has 0 saturated heterocycles. The molecule has 0 spiro atoms. The largest absolute Gasteiger partial charge is 0.490 e. The van der Waals surface area contributed by atoms with Gasteiger partial charge in [0.25, 0.3) is 0 Å². The lowest BCUT2D eigenvalue weighted by molar-refractivity contribution is 0.0535. The second-order valence-electron chi connectivity index (χ2n) is 3.51. The van der Waals surface area contributed by atoms with E-state index in [1.54, 1.807) is 7.11 Å². The van der Waals surface area contributed by atoms with E-state index in [1.807, 2.05) is 0 Å². The SMILES string of the molecule is COCCOCCOc1cc(N)ccc1C(=O)O. The summed E-state index contributed by atoms with van der Waals surface area (Å²) in [4.78, 5) is 10.9. The molecule has 1 rings (SSSR count). The van der Waals surface area contributed by atoms with Gasteiger partial charge in [0.2, 0.25) is 0 Å². The number of carbonyl (C=O) groups is 1. The first-order chi connectivity index (χ1) is 8.65. The fourth-order valence-electron chi connectivity index (χ4n) is 1.29. The first kappa shape index (κ1) is 14.3. The summed E-state index contributed by atoms with van der Waals surface area (Å²) in [5.41, 5.74) is 6.12. The van der Waals surface area contributed by atoms with Gasteiger partial charge in [0.1, 0.15) is 17.9 Å². The number of nitrogen functional groups attached to an aromatic ring is 1. The number of anilines is 1. The molecule has 0 aromatic heterocycles. The van der Waals surface area contributed by atoms with Crippen LogP contribution in [-0.4, -0.2) is 44.6 Å². The third-order valence-corrected chi connectivity index (χ3v) is 2.15. The Morgan fingerprint density at radius 2 is 2.00 bits per heavy atom. The summed E-state index contributed by atoms with van der Waals surface area (Å²) in [6.45, 7) is 1.60. The quantitative estimate of drug-likeness (QED) is 0.532. The van der Waals surface area contributed by atoms with Crippen LogP contribution in [0, 0.1) is 0 Å². The lowest BCUT2D eigenvalue weighted by atomic mass is 10.2. The molecule has 18 heavy (non-hydrogen) atoms.